The number of amidine groups is 1. The molecule has 9 heteroatoms. The molecule has 0 spiro atoms. The average Bonchev–Trinajstić information content (AvgIpc) is 2.97. The molecule has 0 unspecified atom stereocenters. The van der Waals surface area contributed by atoms with Gasteiger partial charge in [0.1, 0.15) is 23.1 Å². The number of amides is 1. The fourth-order valence-corrected chi connectivity index (χ4v) is 4.65. The maximum Gasteiger partial charge on any atom is 0.214 e. The van der Waals surface area contributed by atoms with Crippen LogP contribution >= 0.6 is 23.5 Å². The van der Waals surface area contributed by atoms with E-state index >= 15 is 0 Å². The Morgan fingerprint density at radius 3 is 2.41 bits per heavy atom. The summed E-state index contributed by atoms with van der Waals surface area (Å²) in [5.41, 5.74) is 6.18. The third kappa shape index (κ3) is 6.08. The van der Waals surface area contributed by atoms with Crippen molar-refractivity contribution in [1.82, 2.24) is 9.21 Å². The molecule has 3 aromatic carbocycles. The van der Waals surface area contributed by atoms with Gasteiger partial charge in [-0.1, -0.05) is 23.7 Å². The van der Waals surface area contributed by atoms with E-state index in [0.29, 0.717) is 5.02 Å². The molecular weight excluding hydrogens is 475 g/mol. The van der Waals surface area contributed by atoms with Crippen LogP contribution in [0.4, 0.5) is 10.1 Å². The lowest BCUT2D eigenvalue weighted by Gasteiger charge is -2.35. The summed E-state index contributed by atoms with van der Waals surface area (Å²) in [5, 5.41) is 0.654. The van der Waals surface area contributed by atoms with E-state index in [1.807, 2.05) is 54.6 Å². The van der Waals surface area contributed by atoms with Gasteiger partial charge in [0.05, 0.1) is 5.56 Å². The first kappa shape index (κ1) is 24.1. The molecule has 0 saturated carbocycles. The van der Waals surface area contributed by atoms with Gasteiger partial charge in [0.15, 0.2) is 5.75 Å². The van der Waals surface area contributed by atoms with E-state index in [0.717, 1.165) is 59.7 Å². The SMILES string of the molecule is CC(N)=O.Fc1ccc(SN2CCN(C3=Nc4ccccc4Oc4ccc(Cl)cc43)CC2)cc1. The third-order valence-corrected chi connectivity index (χ3v) is 6.42. The normalized spacial score (nSPS) is 15.0. The number of rotatable bonds is 2. The van der Waals surface area contributed by atoms with Crippen LogP contribution in [0.2, 0.25) is 5.02 Å². The summed E-state index contributed by atoms with van der Waals surface area (Å²) in [6, 6.07) is 20.1. The van der Waals surface area contributed by atoms with Crippen molar-refractivity contribution in [2.75, 3.05) is 26.2 Å². The fourth-order valence-electron chi connectivity index (χ4n) is 3.57. The third-order valence-electron chi connectivity index (χ3n) is 5.08. The van der Waals surface area contributed by atoms with E-state index in [2.05, 4.69) is 14.9 Å². The molecule has 2 aliphatic heterocycles. The molecule has 0 radical (unpaired) electrons. The number of halogens is 2. The summed E-state index contributed by atoms with van der Waals surface area (Å²) in [4.78, 5) is 17.5. The highest BCUT2D eigenvalue weighted by atomic mass is 35.5. The number of hydrogen-bond acceptors (Lipinski definition) is 6. The number of carbonyl (C=O) groups is 1. The molecular formula is C25H24ClFN4O2S. The summed E-state index contributed by atoms with van der Waals surface area (Å²) >= 11 is 7.96. The van der Waals surface area contributed by atoms with Crippen molar-refractivity contribution in [2.24, 2.45) is 10.7 Å². The number of primary amides is 1. The molecule has 3 aromatic rings. The van der Waals surface area contributed by atoms with Crippen molar-refractivity contribution in [1.29, 1.82) is 0 Å². The molecule has 1 fully saturated rings. The summed E-state index contributed by atoms with van der Waals surface area (Å²) in [6.45, 7) is 4.67. The quantitative estimate of drug-likeness (QED) is 0.474. The van der Waals surface area contributed by atoms with Crippen molar-refractivity contribution in [3.8, 4) is 11.5 Å². The summed E-state index contributed by atoms with van der Waals surface area (Å²) < 4.78 is 21.6. The Bertz CT molecular complexity index is 1190. The van der Waals surface area contributed by atoms with Gasteiger partial charge in [-0.05, 0) is 66.5 Å². The van der Waals surface area contributed by atoms with Crippen molar-refractivity contribution >= 4 is 41.0 Å². The number of aliphatic imine (C=N–C) groups is 1. The molecule has 34 heavy (non-hydrogen) atoms. The van der Waals surface area contributed by atoms with Crippen LogP contribution in [0.15, 0.2) is 76.6 Å². The van der Waals surface area contributed by atoms with E-state index in [9.17, 15) is 9.18 Å². The monoisotopic (exact) mass is 498 g/mol. The minimum atomic E-state index is -0.333. The van der Waals surface area contributed by atoms with Gasteiger partial charge in [-0.25, -0.2) is 13.7 Å². The van der Waals surface area contributed by atoms with Crippen LogP contribution in [-0.2, 0) is 4.79 Å². The zero-order chi connectivity index (χ0) is 24.1. The maximum absolute atomic E-state index is 13.1. The second-order valence-electron chi connectivity index (χ2n) is 7.72. The van der Waals surface area contributed by atoms with Crippen LogP contribution in [0.1, 0.15) is 12.5 Å². The Balaban J connectivity index is 0.000000636. The topological polar surface area (TPSA) is 71.2 Å². The van der Waals surface area contributed by atoms with Crippen molar-refractivity contribution in [2.45, 2.75) is 11.8 Å². The molecule has 1 saturated heterocycles. The molecule has 0 aromatic heterocycles. The number of benzene rings is 3. The first-order chi connectivity index (χ1) is 16.4. The van der Waals surface area contributed by atoms with Gasteiger partial charge in [-0.3, -0.25) is 4.79 Å². The fraction of sp³-hybridized carbons (Fsp3) is 0.200. The van der Waals surface area contributed by atoms with E-state index in [1.165, 1.54) is 19.1 Å². The van der Waals surface area contributed by atoms with Crippen LogP contribution in [0, 0.1) is 5.82 Å². The molecule has 0 aliphatic carbocycles. The second-order valence-corrected chi connectivity index (χ2v) is 9.32. The summed E-state index contributed by atoms with van der Waals surface area (Å²) in [6.07, 6.45) is 0. The Hall–Kier alpha value is -3.07. The number of nitrogens with two attached hydrogens (primary N) is 1. The second kappa shape index (κ2) is 10.9. The predicted octanol–water partition coefficient (Wildman–Crippen LogP) is 5.48. The molecule has 2 N–H and O–H groups in total. The van der Waals surface area contributed by atoms with Crippen LogP contribution in [0.3, 0.4) is 0 Å². The molecule has 2 heterocycles. The predicted molar refractivity (Wildman–Crippen MR) is 134 cm³/mol. The summed E-state index contributed by atoms with van der Waals surface area (Å²) in [7, 11) is 0. The minimum Gasteiger partial charge on any atom is -0.454 e. The van der Waals surface area contributed by atoms with Crippen molar-refractivity contribution in [3.05, 3.63) is 83.1 Å². The van der Waals surface area contributed by atoms with Crippen molar-refractivity contribution in [3.63, 3.8) is 0 Å². The number of piperazine rings is 1. The van der Waals surface area contributed by atoms with Crippen molar-refractivity contribution < 1.29 is 13.9 Å². The molecule has 176 valence electrons. The molecule has 0 atom stereocenters. The minimum absolute atomic E-state index is 0.213. The Labute approximate surface area is 207 Å². The largest absolute Gasteiger partial charge is 0.454 e. The van der Waals surface area contributed by atoms with Gasteiger partial charge in [-0.15, -0.1) is 0 Å². The number of para-hydroxylation sites is 2. The van der Waals surface area contributed by atoms with Crippen LogP contribution in [-0.4, -0.2) is 47.1 Å². The average molecular weight is 499 g/mol. The Morgan fingerprint density at radius 2 is 1.71 bits per heavy atom. The van der Waals surface area contributed by atoms with E-state index in [-0.39, 0.29) is 11.7 Å². The lowest BCUT2D eigenvalue weighted by molar-refractivity contribution is -0.115. The zero-order valence-electron chi connectivity index (χ0n) is 18.6. The lowest BCUT2D eigenvalue weighted by atomic mass is 10.1. The number of carbonyl (C=O) groups excluding carboxylic acids is 1. The van der Waals surface area contributed by atoms with Crippen LogP contribution < -0.4 is 10.5 Å². The molecule has 5 rings (SSSR count). The lowest BCUT2D eigenvalue weighted by Crippen LogP contribution is -2.46. The first-order valence-electron chi connectivity index (χ1n) is 10.7. The van der Waals surface area contributed by atoms with Gasteiger partial charge < -0.3 is 15.4 Å². The first-order valence-corrected chi connectivity index (χ1v) is 11.9. The maximum atomic E-state index is 13.1. The van der Waals surface area contributed by atoms with Gasteiger partial charge in [-0.2, -0.15) is 0 Å². The standard InChI is InChI=1S/C23H19ClFN3OS.C2H5NO/c24-16-5-10-21-19(15-16)23(26-20-3-1-2-4-22(20)29-21)27-11-13-28(14-12-27)30-18-8-6-17(25)7-9-18;1-2(3)4/h1-10,15H,11-14H2;1H3,(H2,3,4). The van der Waals surface area contributed by atoms with Gasteiger partial charge >= 0.3 is 0 Å². The van der Waals surface area contributed by atoms with Crippen LogP contribution in [0.5, 0.6) is 11.5 Å². The van der Waals surface area contributed by atoms with E-state index < -0.39 is 0 Å². The van der Waals surface area contributed by atoms with Gasteiger partial charge in [0, 0.05) is 43.0 Å². The number of hydrogen-bond donors (Lipinski definition) is 1. The molecule has 0 bridgehead atoms. The Kier molecular flexibility index (Phi) is 7.72. The van der Waals surface area contributed by atoms with Gasteiger partial charge in [0.2, 0.25) is 5.91 Å². The van der Waals surface area contributed by atoms with E-state index in [4.69, 9.17) is 21.3 Å². The smallest absolute Gasteiger partial charge is 0.214 e. The highest BCUT2D eigenvalue weighted by Gasteiger charge is 2.26. The Morgan fingerprint density at radius 1 is 1.03 bits per heavy atom. The van der Waals surface area contributed by atoms with E-state index in [1.54, 1.807) is 11.9 Å². The number of ether oxygens (including phenoxy) is 1. The summed E-state index contributed by atoms with van der Waals surface area (Å²) in [5.74, 6) is 1.83. The molecule has 2 aliphatic rings. The number of nitrogens with zero attached hydrogens (tertiary/aromatic N) is 3. The number of fused-ring (bicyclic) bond motifs is 2. The van der Waals surface area contributed by atoms with Gasteiger partial charge in [0.25, 0.3) is 0 Å². The zero-order valence-corrected chi connectivity index (χ0v) is 20.2. The molecule has 1 amide bonds. The van der Waals surface area contributed by atoms with Crippen LogP contribution in [0.25, 0.3) is 0 Å². The highest BCUT2D eigenvalue weighted by Crippen LogP contribution is 2.39. The highest BCUT2D eigenvalue weighted by molar-refractivity contribution is 7.97. The molecule has 6 nitrogen and oxygen atoms in total.